The Labute approximate surface area is 165 Å². The van der Waals surface area contributed by atoms with Crippen molar-refractivity contribution in [3.63, 3.8) is 0 Å². The Morgan fingerprint density at radius 3 is 2.39 bits per heavy atom. The Morgan fingerprint density at radius 2 is 1.71 bits per heavy atom. The van der Waals surface area contributed by atoms with Crippen LogP contribution in [0.25, 0.3) is 0 Å². The van der Waals surface area contributed by atoms with Gasteiger partial charge in [-0.05, 0) is 24.1 Å². The van der Waals surface area contributed by atoms with Gasteiger partial charge in [0.1, 0.15) is 16.4 Å². The highest BCUT2D eigenvalue weighted by Crippen LogP contribution is 2.28. The van der Waals surface area contributed by atoms with Gasteiger partial charge in [-0.25, -0.2) is 9.59 Å². The lowest BCUT2D eigenvalue weighted by Crippen LogP contribution is -2.18. The number of para-hydroxylation sites is 1. The summed E-state index contributed by atoms with van der Waals surface area (Å²) >= 11 is 1.18. The fourth-order valence-electron chi connectivity index (χ4n) is 2.35. The van der Waals surface area contributed by atoms with Gasteiger partial charge in [0.15, 0.2) is 6.61 Å². The van der Waals surface area contributed by atoms with Crippen LogP contribution in [0.15, 0.2) is 80.8 Å². The van der Waals surface area contributed by atoms with E-state index in [1.165, 1.54) is 11.8 Å². The van der Waals surface area contributed by atoms with Gasteiger partial charge in [0.2, 0.25) is 0 Å². The lowest BCUT2D eigenvalue weighted by Gasteiger charge is -2.07. The van der Waals surface area contributed by atoms with Crippen molar-refractivity contribution in [2.24, 2.45) is 0 Å². The smallest absolute Gasteiger partial charge is 0.356 e. The van der Waals surface area contributed by atoms with Crippen LogP contribution in [0, 0.1) is 0 Å². The molecule has 6 nitrogen and oxygen atoms in total. The molecular formula is C21H18O6S. The molecule has 0 unspecified atom stereocenters. The second-order valence-corrected chi connectivity index (χ2v) is 6.83. The Kier molecular flexibility index (Phi) is 6.75. The minimum Gasteiger partial charge on any atom is -0.506 e. The molecule has 0 aliphatic carbocycles. The molecule has 0 aliphatic rings. The molecule has 0 fully saturated rings. The third-order valence-electron chi connectivity index (χ3n) is 3.66. The van der Waals surface area contributed by atoms with Crippen molar-refractivity contribution in [1.82, 2.24) is 0 Å². The van der Waals surface area contributed by atoms with Crippen LogP contribution in [0.5, 0.6) is 17.4 Å². The zero-order chi connectivity index (χ0) is 19.8. The number of carbonyl (C=O) groups excluding carboxylic acids is 1. The number of rotatable bonds is 8. The molecule has 1 heterocycles. The summed E-state index contributed by atoms with van der Waals surface area (Å²) in [6.07, 6.45) is 0.734. The van der Waals surface area contributed by atoms with Crippen molar-refractivity contribution >= 4 is 17.7 Å². The van der Waals surface area contributed by atoms with Gasteiger partial charge in [0.25, 0.3) is 5.95 Å². The topological polar surface area (TPSA) is 86.0 Å². The molecule has 3 aromatic rings. The van der Waals surface area contributed by atoms with Gasteiger partial charge in [0.05, 0.1) is 6.07 Å². The Bertz CT molecular complexity index is 969. The molecule has 1 aromatic heterocycles. The van der Waals surface area contributed by atoms with E-state index in [0.29, 0.717) is 11.5 Å². The van der Waals surface area contributed by atoms with Crippen molar-refractivity contribution in [2.45, 2.75) is 11.3 Å². The third-order valence-corrected chi connectivity index (χ3v) is 4.73. The lowest BCUT2D eigenvalue weighted by molar-refractivity contribution is -0.138. The standard InChI is InChI=1S/C21H18O6S/c22-17-13-19(26-18(23)14-25-16-9-5-2-6-10-16)27-21(24)20(17)28-12-11-15-7-3-1-4-8-15/h1-10,13,22H,11-12,14H2. The molecule has 144 valence electrons. The normalized spacial score (nSPS) is 10.4. The summed E-state index contributed by atoms with van der Waals surface area (Å²) in [6, 6.07) is 19.6. The van der Waals surface area contributed by atoms with E-state index in [2.05, 4.69) is 0 Å². The van der Waals surface area contributed by atoms with Gasteiger partial charge in [-0.3, -0.25) is 0 Å². The van der Waals surface area contributed by atoms with Crippen LogP contribution in [0.4, 0.5) is 0 Å². The summed E-state index contributed by atoms with van der Waals surface area (Å²) in [4.78, 5) is 24.0. The molecule has 7 heteroatoms. The number of thioether (sulfide) groups is 1. The first-order chi connectivity index (χ1) is 13.6. The maximum Gasteiger partial charge on any atom is 0.356 e. The molecule has 0 spiro atoms. The molecule has 0 saturated carbocycles. The maximum atomic E-state index is 12.1. The van der Waals surface area contributed by atoms with Gasteiger partial charge in [-0.1, -0.05) is 48.5 Å². The zero-order valence-electron chi connectivity index (χ0n) is 14.9. The highest BCUT2D eigenvalue weighted by Gasteiger charge is 2.15. The molecule has 2 aromatic carbocycles. The largest absolute Gasteiger partial charge is 0.506 e. The minimum absolute atomic E-state index is 0.0799. The van der Waals surface area contributed by atoms with Crippen molar-refractivity contribution in [1.29, 1.82) is 0 Å². The first kappa shape index (κ1) is 19.6. The number of esters is 1. The molecule has 0 amide bonds. The van der Waals surface area contributed by atoms with E-state index in [1.54, 1.807) is 24.3 Å². The number of ether oxygens (including phenoxy) is 2. The van der Waals surface area contributed by atoms with Gasteiger partial charge >= 0.3 is 11.6 Å². The van der Waals surface area contributed by atoms with Crippen LogP contribution in [0.2, 0.25) is 0 Å². The first-order valence-electron chi connectivity index (χ1n) is 8.54. The summed E-state index contributed by atoms with van der Waals surface area (Å²) in [5, 5.41) is 10.1. The molecule has 0 aliphatic heterocycles. The maximum absolute atomic E-state index is 12.1. The average molecular weight is 398 g/mol. The van der Waals surface area contributed by atoms with Crippen LogP contribution < -0.4 is 15.1 Å². The van der Waals surface area contributed by atoms with E-state index in [0.717, 1.165) is 18.1 Å². The van der Waals surface area contributed by atoms with Gasteiger partial charge in [-0.2, -0.15) is 0 Å². The Morgan fingerprint density at radius 1 is 1.04 bits per heavy atom. The second kappa shape index (κ2) is 9.66. The van der Waals surface area contributed by atoms with Gasteiger partial charge in [0, 0.05) is 5.75 Å². The molecule has 1 N–H and O–H groups in total. The molecule has 0 saturated heterocycles. The van der Waals surface area contributed by atoms with Crippen molar-refractivity contribution < 1.29 is 23.8 Å². The molecule has 0 atom stereocenters. The monoisotopic (exact) mass is 398 g/mol. The van der Waals surface area contributed by atoms with Crippen molar-refractivity contribution in [3.05, 3.63) is 82.7 Å². The molecule has 0 radical (unpaired) electrons. The van der Waals surface area contributed by atoms with Crippen LogP contribution in [0.3, 0.4) is 0 Å². The summed E-state index contributed by atoms with van der Waals surface area (Å²) in [5.74, 6) is -0.325. The number of hydrogen-bond donors (Lipinski definition) is 1. The fraction of sp³-hybridized carbons (Fsp3) is 0.143. The van der Waals surface area contributed by atoms with Crippen molar-refractivity contribution in [3.8, 4) is 17.4 Å². The van der Waals surface area contributed by atoms with Gasteiger partial charge < -0.3 is 19.0 Å². The quantitative estimate of drug-likeness (QED) is 0.458. The fourth-order valence-corrected chi connectivity index (χ4v) is 3.26. The second-order valence-electron chi connectivity index (χ2n) is 5.73. The average Bonchev–Trinajstić information content (AvgIpc) is 2.70. The van der Waals surface area contributed by atoms with E-state index >= 15 is 0 Å². The summed E-state index contributed by atoms with van der Waals surface area (Å²) in [6.45, 7) is -0.359. The minimum atomic E-state index is -0.759. The third kappa shape index (κ3) is 5.65. The Balaban J connectivity index is 1.55. The Hall–Kier alpha value is -3.19. The van der Waals surface area contributed by atoms with Crippen LogP contribution in [-0.2, 0) is 11.2 Å². The molecule has 28 heavy (non-hydrogen) atoms. The number of aromatic hydroxyl groups is 1. The zero-order valence-corrected chi connectivity index (χ0v) is 15.7. The predicted octanol–water partition coefficient (Wildman–Crippen LogP) is 3.66. The summed E-state index contributed by atoms with van der Waals surface area (Å²) < 4.78 is 15.2. The number of benzene rings is 2. The molecule has 0 bridgehead atoms. The van der Waals surface area contributed by atoms with Crippen LogP contribution >= 0.6 is 11.8 Å². The van der Waals surface area contributed by atoms with E-state index in [1.807, 2.05) is 36.4 Å². The predicted molar refractivity (Wildman–Crippen MR) is 105 cm³/mol. The van der Waals surface area contributed by atoms with Crippen LogP contribution in [-0.4, -0.2) is 23.4 Å². The highest BCUT2D eigenvalue weighted by atomic mass is 32.2. The van der Waals surface area contributed by atoms with Gasteiger partial charge in [-0.15, -0.1) is 11.8 Å². The molecule has 3 rings (SSSR count). The number of aryl methyl sites for hydroxylation is 1. The number of hydrogen-bond acceptors (Lipinski definition) is 7. The van der Waals surface area contributed by atoms with E-state index in [-0.39, 0.29) is 23.2 Å². The number of carbonyl (C=O) groups is 1. The summed E-state index contributed by atoms with van der Waals surface area (Å²) in [7, 11) is 0. The SMILES string of the molecule is O=C(COc1ccccc1)Oc1cc(O)c(SCCc2ccccc2)c(=O)o1. The highest BCUT2D eigenvalue weighted by molar-refractivity contribution is 7.99. The van der Waals surface area contributed by atoms with E-state index in [9.17, 15) is 14.7 Å². The van der Waals surface area contributed by atoms with E-state index in [4.69, 9.17) is 13.9 Å². The first-order valence-corrected chi connectivity index (χ1v) is 9.53. The van der Waals surface area contributed by atoms with E-state index < -0.39 is 11.6 Å². The summed E-state index contributed by atoms with van der Waals surface area (Å²) in [5.41, 5.74) is 0.368. The lowest BCUT2D eigenvalue weighted by atomic mass is 10.2. The van der Waals surface area contributed by atoms with Crippen molar-refractivity contribution in [2.75, 3.05) is 12.4 Å². The molecular weight excluding hydrogens is 380 g/mol. The van der Waals surface area contributed by atoms with Crippen LogP contribution in [0.1, 0.15) is 5.56 Å².